The predicted octanol–water partition coefficient (Wildman–Crippen LogP) is -0.629. The van der Waals surface area contributed by atoms with Crippen LogP contribution in [0.15, 0.2) is 0 Å². The highest BCUT2D eigenvalue weighted by Crippen LogP contribution is 2.10. The van der Waals surface area contributed by atoms with Crippen LogP contribution in [0, 0.1) is 0 Å². The van der Waals surface area contributed by atoms with Crippen molar-refractivity contribution in [3.8, 4) is 0 Å². The molecule has 1 aliphatic rings. The molecule has 1 fully saturated rings. The van der Waals surface area contributed by atoms with Gasteiger partial charge in [0, 0.05) is 13.2 Å². The smallest absolute Gasteiger partial charge is 0.218 e. The minimum absolute atomic E-state index is 0.00359. The van der Waals surface area contributed by atoms with E-state index in [-0.39, 0.29) is 16.8 Å². The van der Waals surface area contributed by atoms with E-state index in [0.29, 0.717) is 13.2 Å². The van der Waals surface area contributed by atoms with Crippen molar-refractivity contribution in [2.24, 2.45) is 5.73 Å². The molecule has 7 heteroatoms. The van der Waals surface area contributed by atoms with Crippen LogP contribution in [0.3, 0.4) is 0 Å². The van der Waals surface area contributed by atoms with Crippen molar-refractivity contribution >= 4 is 27.2 Å². The first kappa shape index (κ1) is 11.8. The fraction of sp³-hybridized carbons (Fsp3) is 0.857. The summed E-state index contributed by atoms with van der Waals surface area (Å²) in [6.45, 7) is 1.02. The van der Waals surface area contributed by atoms with Gasteiger partial charge in [0.05, 0.1) is 11.1 Å². The van der Waals surface area contributed by atoms with Gasteiger partial charge in [-0.2, -0.15) is 0 Å². The average molecular weight is 238 g/mol. The monoisotopic (exact) mass is 238 g/mol. The van der Waals surface area contributed by atoms with E-state index in [9.17, 15) is 8.42 Å². The number of hydrogen-bond donors (Lipinski definition) is 2. The summed E-state index contributed by atoms with van der Waals surface area (Å²) in [6.07, 6.45) is 1.88. The SMILES string of the molecule is NC(=S)CS(=O)(=O)NCC1CCCO1. The van der Waals surface area contributed by atoms with Gasteiger partial charge in [-0.15, -0.1) is 0 Å². The molecule has 0 radical (unpaired) electrons. The van der Waals surface area contributed by atoms with E-state index < -0.39 is 10.0 Å². The first-order valence-electron chi connectivity index (χ1n) is 4.37. The summed E-state index contributed by atoms with van der Waals surface area (Å²) in [5, 5.41) is 0. The minimum atomic E-state index is -3.36. The molecule has 0 aromatic heterocycles. The third kappa shape index (κ3) is 4.32. The Labute approximate surface area is 89.0 Å². The highest BCUT2D eigenvalue weighted by Gasteiger charge is 2.19. The molecule has 0 spiro atoms. The van der Waals surface area contributed by atoms with Crippen molar-refractivity contribution in [3.05, 3.63) is 0 Å². The molecule has 1 rings (SSSR count). The number of ether oxygens (including phenoxy) is 1. The lowest BCUT2D eigenvalue weighted by atomic mass is 10.2. The van der Waals surface area contributed by atoms with Gasteiger partial charge in [-0.25, -0.2) is 13.1 Å². The number of rotatable bonds is 5. The molecule has 1 aliphatic heterocycles. The van der Waals surface area contributed by atoms with Crippen molar-refractivity contribution < 1.29 is 13.2 Å². The van der Waals surface area contributed by atoms with Crippen LogP contribution in [0.1, 0.15) is 12.8 Å². The number of hydrogen-bond acceptors (Lipinski definition) is 4. The van der Waals surface area contributed by atoms with Crippen molar-refractivity contribution in [3.63, 3.8) is 0 Å². The van der Waals surface area contributed by atoms with Crippen LogP contribution in [0.25, 0.3) is 0 Å². The maximum atomic E-state index is 11.3. The third-order valence-electron chi connectivity index (χ3n) is 1.89. The Hall–Kier alpha value is -0.240. The quantitative estimate of drug-likeness (QED) is 0.623. The van der Waals surface area contributed by atoms with Gasteiger partial charge in [-0.3, -0.25) is 0 Å². The molecule has 0 aromatic carbocycles. The molecule has 5 nitrogen and oxygen atoms in total. The Balaban J connectivity index is 2.32. The van der Waals surface area contributed by atoms with Crippen molar-refractivity contribution in [1.82, 2.24) is 4.72 Å². The minimum Gasteiger partial charge on any atom is -0.392 e. The molecule has 0 aliphatic carbocycles. The molecule has 0 aromatic rings. The second-order valence-electron chi connectivity index (χ2n) is 3.21. The number of thiocarbonyl (C=S) groups is 1. The Kier molecular flexibility index (Phi) is 4.24. The van der Waals surface area contributed by atoms with E-state index in [2.05, 4.69) is 16.9 Å². The number of sulfonamides is 1. The lowest BCUT2D eigenvalue weighted by molar-refractivity contribution is 0.114. The molecule has 3 N–H and O–H groups in total. The largest absolute Gasteiger partial charge is 0.392 e. The van der Waals surface area contributed by atoms with Gasteiger partial charge in [-0.1, -0.05) is 12.2 Å². The zero-order valence-electron chi connectivity index (χ0n) is 7.73. The average Bonchev–Trinajstić information content (AvgIpc) is 2.50. The van der Waals surface area contributed by atoms with E-state index in [0.717, 1.165) is 12.8 Å². The van der Waals surface area contributed by atoms with Crippen LogP contribution in [-0.4, -0.2) is 38.4 Å². The summed E-state index contributed by atoms with van der Waals surface area (Å²) in [4.78, 5) is -0.0233. The predicted molar refractivity (Wildman–Crippen MR) is 57.5 cm³/mol. The van der Waals surface area contributed by atoms with Crippen LogP contribution < -0.4 is 10.5 Å². The summed E-state index contributed by atoms with van der Waals surface area (Å²) < 4.78 is 30.2. The Morgan fingerprint density at radius 1 is 1.64 bits per heavy atom. The second kappa shape index (κ2) is 5.01. The summed E-state index contributed by atoms with van der Waals surface area (Å²) in [5.74, 6) is -0.297. The van der Waals surface area contributed by atoms with Crippen molar-refractivity contribution in [2.75, 3.05) is 18.9 Å². The molecular formula is C7H14N2O3S2. The van der Waals surface area contributed by atoms with E-state index in [1.54, 1.807) is 0 Å². The molecule has 1 heterocycles. The van der Waals surface area contributed by atoms with Gasteiger partial charge in [0.15, 0.2) is 0 Å². The van der Waals surface area contributed by atoms with Crippen molar-refractivity contribution in [2.45, 2.75) is 18.9 Å². The Morgan fingerprint density at radius 2 is 2.36 bits per heavy atom. The summed E-state index contributed by atoms with van der Waals surface area (Å²) in [7, 11) is -3.36. The van der Waals surface area contributed by atoms with Gasteiger partial charge >= 0.3 is 0 Å². The summed E-state index contributed by atoms with van der Waals surface area (Å²) >= 11 is 4.52. The van der Waals surface area contributed by atoms with E-state index >= 15 is 0 Å². The molecule has 14 heavy (non-hydrogen) atoms. The van der Waals surface area contributed by atoms with Crippen LogP contribution in [0.5, 0.6) is 0 Å². The van der Waals surface area contributed by atoms with Gasteiger partial charge in [0.2, 0.25) is 10.0 Å². The number of nitrogens with two attached hydrogens (primary N) is 1. The molecule has 1 saturated heterocycles. The van der Waals surface area contributed by atoms with Crippen LogP contribution in [0.4, 0.5) is 0 Å². The van der Waals surface area contributed by atoms with Crippen LogP contribution >= 0.6 is 12.2 Å². The highest BCUT2D eigenvalue weighted by atomic mass is 32.2. The standard InChI is InChI=1S/C7H14N2O3S2/c8-7(13)5-14(10,11)9-4-6-2-1-3-12-6/h6,9H,1-5H2,(H2,8,13). The van der Waals surface area contributed by atoms with Crippen molar-refractivity contribution in [1.29, 1.82) is 0 Å². The maximum Gasteiger partial charge on any atom is 0.218 e. The van der Waals surface area contributed by atoms with Gasteiger partial charge < -0.3 is 10.5 Å². The lowest BCUT2D eigenvalue weighted by Gasteiger charge is -2.10. The lowest BCUT2D eigenvalue weighted by Crippen LogP contribution is -2.36. The van der Waals surface area contributed by atoms with Gasteiger partial charge in [0.25, 0.3) is 0 Å². The first-order chi connectivity index (χ1) is 6.49. The summed E-state index contributed by atoms with van der Waals surface area (Å²) in [5.41, 5.74) is 5.14. The third-order valence-corrected chi connectivity index (χ3v) is 3.51. The zero-order chi connectivity index (χ0) is 10.6. The second-order valence-corrected chi connectivity index (χ2v) is 5.54. The Morgan fingerprint density at radius 3 is 2.86 bits per heavy atom. The van der Waals surface area contributed by atoms with Gasteiger partial charge in [0.1, 0.15) is 5.75 Å². The fourth-order valence-corrected chi connectivity index (χ4v) is 2.65. The molecule has 1 unspecified atom stereocenters. The molecule has 0 saturated carbocycles. The molecular weight excluding hydrogens is 224 g/mol. The normalized spacial score (nSPS) is 22.4. The van der Waals surface area contributed by atoms with Gasteiger partial charge in [-0.05, 0) is 12.8 Å². The van der Waals surface area contributed by atoms with E-state index in [1.165, 1.54) is 0 Å². The molecule has 0 bridgehead atoms. The molecule has 82 valence electrons. The number of nitrogens with one attached hydrogen (secondary N) is 1. The van der Waals surface area contributed by atoms with Crippen LogP contribution in [-0.2, 0) is 14.8 Å². The summed E-state index contributed by atoms with van der Waals surface area (Å²) in [6, 6.07) is 0. The van der Waals surface area contributed by atoms with Crippen LogP contribution in [0.2, 0.25) is 0 Å². The molecule has 0 amide bonds. The van der Waals surface area contributed by atoms with E-state index in [4.69, 9.17) is 10.5 Å². The zero-order valence-corrected chi connectivity index (χ0v) is 9.36. The fourth-order valence-electron chi connectivity index (χ4n) is 1.26. The molecule has 1 atom stereocenters. The Bertz CT molecular complexity index is 296. The maximum absolute atomic E-state index is 11.3. The topological polar surface area (TPSA) is 81.4 Å². The van der Waals surface area contributed by atoms with E-state index in [1.807, 2.05) is 0 Å². The highest BCUT2D eigenvalue weighted by molar-refractivity contribution is 7.92. The first-order valence-corrected chi connectivity index (χ1v) is 6.43.